The van der Waals surface area contributed by atoms with E-state index in [-0.39, 0.29) is 12.1 Å². The van der Waals surface area contributed by atoms with Gasteiger partial charge in [0.15, 0.2) is 11.2 Å². The van der Waals surface area contributed by atoms with E-state index in [9.17, 15) is 0 Å². The molecule has 0 fully saturated rings. The number of nitrogens with zero attached hydrogens (tertiary/aromatic N) is 1. The van der Waals surface area contributed by atoms with Crippen molar-refractivity contribution in [3.63, 3.8) is 0 Å². The molecule has 4 aromatic carbocycles. The largest absolute Gasteiger partial charge is 0.407 e. The van der Waals surface area contributed by atoms with Crippen molar-refractivity contribution < 1.29 is 8.39 Å². The van der Waals surface area contributed by atoms with E-state index in [1.807, 2.05) is 24.3 Å². The molecular weight excluding hydrogens is 733 g/mol. The Labute approximate surface area is 245 Å². The average Bonchev–Trinajstić information content (AvgIpc) is 3.03. The van der Waals surface area contributed by atoms with Crippen molar-refractivity contribution in [3.8, 4) is 0 Å². The van der Waals surface area contributed by atoms with Crippen LogP contribution in [-0.2, 0) is 0 Å². The summed E-state index contributed by atoms with van der Waals surface area (Å²) in [5.74, 6) is 0. The molecule has 0 aliphatic heterocycles. The maximum absolute atomic E-state index is 6.83. The van der Waals surface area contributed by atoms with E-state index < -0.39 is 8.16 Å². The van der Waals surface area contributed by atoms with E-state index in [0.717, 1.165) is 39.8 Å². The molecule has 36 heavy (non-hydrogen) atoms. The molecule has 0 amide bonds. The van der Waals surface area contributed by atoms with Crippen LogP contribution in [0.3, 0.4) is 0 Å². The minimum absolute atomic E-state index is 0.0287. The van der Waals surface area contributed by atoms with E-state index in [4.69, 9.17) is 8.39 Å². The van der Waals surface area contributed by atoms with Gasteiger partial charge in [0.2, 0.25) is 0 Å². The maximum atomic E-state index is 6.83. The predicted octanol–water partition coefficient (Wildman–Crippen LogP) is 11.8. The van der Waals surface area contributed by atoms with E-state index in [1.54, 1.807) is 0 Å². The molecule has 1 heterocycles. The van der Waals surface area contributed by atoms with Crippen LogP contribution in [0.1, 0.15) is 37.1 Å². The highest BCUT2D eigenvalue weighted by Crippen LogP contribution is 2.48. The third-order valence-electron chi connectivity index (χ3n) is 6.19. The molecule has 0 aliphatic rings. The Hall–Kier alpha value is -1.34. The Morgan fingerprint density at radius 3 is 1.39 bits per heavy atom. The first-order chi connectivity index (χ1) is 17.3. The quantitative estimate of drug-likeness (QED) is 0.179. The second kappa shape index (κ2) is 11.2. The molecule has 0 spiro atoms. The molecule has 0 N–H and O–H groups in total. The fourth-order valence-corrected chi connectivity index (χ4v) is 8.99. The standard InChI is InChI=1S/C28H22Br4NO2P/c1-17(19-9-5-3-6-10-19)33(18(2)20-11-7-4-8-12-20)36-34-27-23(13-21(29)15-25(27)31)24-14-22(30)16-26(32)28(24)35-36/h3-18H,1-2H3/t17-,18-/m1/s1. The molecule has 0 aliphatic carbocycles. The highest BCUT2D eigenvalue weighted by atomic mass is 79.9. The fourth-order valence-electron chi connectivity index (χ4n) is 4.36. The van der Waals surface area contributed by atoms with Gasteiger partial charge >= 0.3 is 8.16 Å². The van der Waals surface area contributed by atoms with Crippen LogP contribution in [0, 0.1) is 0 Å². The van der Waals surface area contributed by atoms with Gasteiger partial charge in [0.25, 0.3) is 0 Å². The van der Waals surface area contributed by atoms with Crippen molar-refractivity contribution in [2.24, 2.45) is 0 Å². The third-order valence-corrected chi connectivity index (χ3v) is 10.0. The number of rotatable bonds is 5. The van der Waals surface area contributed by atoms with Crippen molar-refractivity contribution in [2.75, 3.05) is 4.67 Å². The van der Waals surface area contributed by atoms with E-state index in [1.165, 1.54) is 11.1 Å². The van der Waals surface area contributed by atoms with Crippen LogP contribution in [-0.4, -0.2) is 0 Å². The zero-order chi connectivity index (χ0) is 25.4. The van der Waals surface area contributed by atoms with Gasteiger partial charge in [-0.05, 0) is 81.1 Å². The van der Waals surface area contributed by atoms with Gasteiger partial charge < -0.3 is 8.39 Å². The first kappa shape index (κ1) is 26.3. The van der Waals surface area contributed by atoms with Gasteiger partial charge in [-0.3, -0.25) is 0 Å². The second-order valence-corrected chi connectivity index (χ2v) is 13.3. The first-order valence-electron chi connectivity index (χ1n) is 11.4. The number of benzene rings is 4. The number of halogens is 4. The summed E-state index contributed by atoms with van der Waals surface area (Å²) in [7, 11) is -1.57. The smallest absolute Gasteiger partial charge is 0.310 e. The summed E-state index contributed by atoms with van der Waals surface area (Å²) in [6.45, 7) is 4.42. The highest BCUT2D eigenvalue weighted by Gasteiger charge is 2.29. The van der Waals surface area contributed by atoms with Crippen LogP contribution >= 0.6 is 71.9 Å². The minimum Gasteiger partial charge on any atom is -0.407 e. The van der Waals surface area contributed by atoms with Gasteiger partial charge in [-0.2, -0.15) is 4.67 Å². The van der Waals surface area contributed by atoms with Crippen molar-refractivity contribution in [1.82, 2.24) is 0 Å². The Morgan fingerprint density at radius 1 is 0.611 bits per heavy atom. The lowest BCUT2D eigenvalue weighted by Gasteiger charge is -2.31. The summed E-state index contributed by atoms with van der Waals surface area (Å²) < 4.78 is 19.7. The van der Waals surface area contributed by atoms with Gasteiger partial charge in [-0.15, -0.1) is 0 Å². The predicted molar refractivity (Wildman–Crippen MR) is 165 cm³/mol. The van der Waals surface area contributed by atoms with Gasteiger partial charge in [-0.1, -0.05) is 92.5 Å². The molecule has 184 valence electrons. The van der Waals surface area contributed by atoms with Crippen molar-refractivity contribution in [1.29, 1.82) is 0 Å². The van der Waals surface area contributed by atoms with Crippen molar-refractivity contribution >= 4 is 93.8 Å². The molecular formula is C28H22Br4NO2P. The van der Waals surface area contributed by atoms with Crippen LogP contribution < -0.4 is 4.67 Å². The van der Waals surface area contributed by atoms with Crippen LogP contribution in [0.5, 0.6) is 0 Å². The molecule has 0 saturated carbocycles. The summed E-state index contributed by atoms with van der Waals surface area (Å²) >= 11 is 14.8. The molecule has 5 aromatic rings. The minimum atomic E-state index is -1.57. The monoisotopic (exact) mass is 751 g/mol. The Balaban J connectivity index is 1.86. The summed E-state index contributed by atoms with van der Waals surface area (Å²) in [5, 5.41) is 1.91. The van der Waals surface area contributed by atoms with Crippen LogP contribution in [0.15, 0.2) is 111 Å². The lowest BCUT2D eigenvalue weighted by Crippen LogP contribution is -2.27. The molecule has 3 nitrogen and oxygen atoms in total. The molecule has 0 bridgehead atoms. The Morgan fingerprint density at radius 2 is 1.00 bits per heavy atom. The van der Waals surface area contributed by atoms with E-state index in [0.29, 0.717) is 0 Å². The molecule has 8 heteroatoms. The van der Waals surface area contributed by atoms with Gasteiger partial charge in [0, 0.05) is 31.8 Å². The number of hydrogen-bond acceptors (Lipinski definition) is 3. The summed E-state index contributed by atoms with van der Waals surface area (Å²) in [5.41, 5.74) is 3.92. The number of fused-ring (bicyclic) bond motifs is 3. The lowest BCUT2D eigenvalue weighted by atomic mass is 10.0. The number of hydrogen-bond donors (Lipinski definition) is 0. The summed E-state index contributed by atoms with van der Waals surface area (Å²) in [6, 6.07) is 29.2. The Kier molecular flexibility index (Phi) is 8.16. The van der Waals surface area contributed by atoms with Gasteiger partial charge in [0.05, 0.1) is 8.95 Å². The molecule has 5 rings (SSSR count). The fraction of sp³-hybridized carbons (Fsp3) is 0.143. The Bertz CT molecular complexity index is 1460. The van der Waals surface area contributed by atoms with Crippen molar-refractivity contribution in [3.05, 3.63) is 114 Å². The van der Waals surface area contributed by atoms with Crippen LogP contribution in [0.2, 0.25) is 0 Å². The highest BCUT2D eigenvalue weighted by molar-refractivity contribution is 9.11. The zero-order valence-electron chi connectivity index (χ0n) is 19.5. The van der Waals surface area contributed by atoms with Gasteiger partial charge in [-0.25, -0.2) is 0 Å². The molecule has 1 aromatic heterocycles. The van der Waals surface area contributed by atoms with Crippen LogP contribution in [0.25, 0.3) is 21.9 Å². The maximum Gasteiger partial charge on any atom is 0.310 e. The summed E-state index contributed by atoms with van der Waals surface area (Å²) in [6.07, 6.45) is 0. The van der Waals surface area contributed by atoms with Gasteiger partial charge in [0.1, 0.15) is 0 Å². The topological polar surface area (TPSA) is 29.5 Å². The van der Waals surface area contributed by atoms with E-state index >= 15 is 0 Å². The molecule has 2 atom stereocenters. The molecule has 0 radical (unpaired) electrons. The van der Waals surface area contributed by atoms with E-state index in [2.05, 4.69) is 143 Å². The summed E-state index contributed by atoms with van der Waals surface area (Å²) in [4.78, 5) is 0. The van der Waals surface area contributed by atoms with Crippen molar-refractivity contribution in [2.45, 2.75) is 25.9 Å². The lowest BCUT2D eigenvalue weighted by molar-refractivity contribution is 0.557. The molecule has 0 saturated heterocycles. The van der Waals surface area contributed by atoms with Crippen LogP contribution in [0.4, 0.5) is 0 Å². The molecule has 0 unspecified atom stereocenters. The first-order valence-corrected chi connectivity index (χ1v) is 15.7. The normalized spacial score (nSPS) is 13.3. The average molecular weight is 755 g/mol. The second-order valence-electron chi connectivity index (χ2n) is 8.50. The SMILES string of the molecule is C[C@H](c1ccccc1)N([C@H](C)c1ccccc1)p1oc2c(Br)cc(Br)cc2c2cc(Br)cc(Br)c2o1. The third kappa shape index (κ3) is 5.29. The zero-order valence-corrected chi connectivity index (χ0v) is 26.7.